The molecule has 2 aliphatic rings. The number of ether oxygens (including phenoxy) is 1. The zero-order valence-corrected chi connectivity index (χ0v) is 25.0. The van der Waals surface area contributed by atoms with E-state index in [0.29, 0.717) is 35.9 Å². The topological polar surface area (TPSA) is 142 Å². The molecule has 11 heteroatoms. The molecule has 1 aromatic rings. The van der Waals surface area contributed by atoms with Gasteiger partial charge in [0.25, 0.3) is 0 Å². The summed E-state index contributed by atoms with van der Waals surface area (Å²) in [6, 6.07) is 3.22. The Hall–Kier alpha value is -2.36. The maximum absolute atomic E-state index is 13.3. The van der Waals surface area contributed by atoms with Crippen molar-refractivity contribution < 1.29 is 34.1 Å². The molecule has 2 amide bonds. The first kappa shape index (κ1) is 32.2. The Balaban J connectivity index is 1.55. The third-order valence-electron chi connectivity index (χ3n) is 9.26. The number of carbonyl (C=O) groups is 4. The number of hydrogen-bond acceptors (Lipinski definition) is 5. The highest BCUT2D eigenvalue weighted by atomic mass is 35.5. The second kappa shape index (κ2) is 13.1. The van der Waals surface area contributed by atoms with E-state index in [0.717, 1.165) is 31.2 Å². The standard InChI is InChI=1S/C29H40Cl2N2O7/c1-16(25(35)36)32-27(39)29(4)13-12-20(28(29,2)3)24(34)33-23(26(37)38)14-17-8-10-18(11-9-17)40-15-19-21(30)6-5-7-22(19)31/h5-7,16-18,20,23H,8-15H2,1-4H3,(H,32,39)(H,33,34)(H,35,36)(H,37,38)/t16-,17?,18?,20+,23-,29-/m0/s1. The SMILES string of the molecule is C[C@H](NC(=O)[C@]1(C)CC[C@H](C(=O)N[C@@H](CC2CCC(OCc3c(Cl)cccc3Cl)CC2)C(=O)O)C1(C)C)C(=O)O. The Labute approximate surface area is 245 Å². The van der Waals surface area contributed by atoms with Crippen molar-refractivity contribution >= 4 is 47.0 Å². The number of aliphatic carboxylic acids is 2. The predicted octanol–water partition coefficient (Wildman–Crippen LogP) is 5.06. The van der Waals surface area contributed by atoms with Crippen molar-refractivity contribution in [2.45, 2.75) is 97.4 Å². The van der Waals surface area contributed by atoms with Crippen LogP contribution in [0, 0.1) is 22.7 Å². The zero-order valence-electron chi connectivity index (χ0n) is 23.5. The van der Waals surface area contributed by atoms with Crippen LogP contribution >= 0.6 is 23.2 Å². The summed E-state index contributed by atoms with van der Waals surface area (Å²) < 4.78 is 6.04. The molecule has 9 nitrogen and oxygen atoms in total. The lowest BCUT2D eigenvalue weighted by Crippen LogP contribution is -2.53. The van der Waals surface area contributed by atoms with Crippen LogP contribution in [0.15, 0.2) is 18.2 Å². The number of nitrogens with one attached hydrogen (secondary N) is 2. The lowest BCUT2D eigenvalue weighted by Gasteiger charge is -2.40. The highest BCUT2D eigenvalue weighted by molar-refractivity contribution is 6.35. The van der Waals surface area contributed by atoms with Gasteiger partial charge in [0.15, 0.2) is 0 Å². The van der Waals surface area contributed by atoms with E-state index in [1.165, 1.54) is 6.92 Å². The van der Waals surface area contributed by atoms with Gasteiger partial charge in [0, 0.05) is 21.5 Å². The van der Waals surface area contributed by atoms with Crippen LogP contribution in [0.2, 0.25) is 10.0 Å². The van der Waals surface area contributed by atoms with Crippen LogP contribution in [0.4, 0.5) is 0 Å². The molecule has 3 rings (SSSR count). The summed E-state index contributed by atoms with van der Waals surface area (Å²) in [6.07, 6.45) is 4.20. The summed E-state index contributed by atoms with van der Waals surface area (Å²) in [5.74, 6) is -3.52. The molecular formula is C29H40Cl2N2O7. The molecule has 222 valence electrons. The molecule has 0 aromatic heterocycles. The largest absolute Gasteiger partial charge is 0.480 e. The summed E-state index contributed by atoms with van der Waals surface area (Å²) in [4.78, 5) is 49.7. The van der Waals surface area contributed by atoms with Gasteiger partial charge in [-0.1, -0.05) is 50.0 Å². The van der Waals surface area contributed by atoms with Crippen LogP contribution in [0.3, 0.4) is 0 Å². The van der Waals surface area contributed by atoms with E-state index in [9.17, 15) is 29.4 Å². The summed E-state index contributed by atoms with van der Waals surface area (Å²) in [6.45, 7) is 7.05. The van der Waals surface area contributed by atoms with Gasteiger partial charge in [-0.2, -0.15) is 0 Å². The maximum Gasteiger partial charge on any atom is 0.326 e. The van der Waals surface area contributed by atoms with Gasteiger partial charge in [0.1, 0.15) is 12.1 Å². The average molecular weight is 600 g/mol. The fourth-order valence-corrected chi connectivity index (χ4v) is 6.52. The van der Waals surface area contributed by atoms with Crippen molar-refractivity contribution in [2.75, 3.05) is 0 Å². The van der Waals surface area contributed by atoms with E-state index < -0.39 is 52.6 Å². The summed E-state index contributed by atoms with van der Waals surface area (Å²) in [7, 11) is 0. The van der Waals surface area contributed by atoms with Crippen molar-refractivity contribution in [3.05, 3.63) is 33.8 Å². The zero-order chi connectivity index (χ0) is 29.8. The van der Waals surface area contributed by atoms with Crippen molar-refractivity contribution in [3.8, 4) is 0 Å². The molecular weight excluding hydrogens is 559 g/mol. The van der Waals surface area contributed by atoms with Crippen molar-refractivity contribution in [2.24, 2.45) is 22.7 Å². The summed E-state index contributed by atoms with van der Waals surface area (Å²) >= 11 is 12.5. The fourth-order valence-electron chi connectivity index (χ4n) is 6.02. The van der Waals surface area contributed by atoms with Crippen molar-refractivity contribution in [1.82, 2.24) is 10.6 Å². The number of carboxylic acid groups (broad SMARTS) is 2. The lowest BCUT2D eigenvalue weighted by atomic mass is 9.65. The normalized spacial score (nSPS) is 27.4. The monoisotopic (exact) mass is 598 g/mol. The third kappa shape index (κ3) is 7.09. The molecule has 4 N–H and O–H groups in total. The van der Waals surface area contributed by atoms with E-state index >= 15 is 0 Å². The average Bonchev–Trinajstić information content (AvgIpc) is 3.13. The van der Waals surface area contributed by atoms with Gasteiger partial charge in [-0.15, -0.1) is 0 Å². The van der Waals surface area contributed by atoms with Crippen LogP contribution in [0.1, 0.15) is 78.2 Å². The minimum Gasteiger partial charge on any atom is -0.480 e. The number of carboxylic acids is 2. The van der Waals surface area contributed by atoms with E-state index in [2.05, 4.69) is 10.6 Å². The van der Waals surface area contributed by atoms with Crippen molar-refractivity contribution in [1.29, 1.82) is 0 Å². The van der Waals surface area contributed by atoms with Gasteiger partial charge in [-0.25, -0.2) is 4.79 Å². The molecule has 2 saturated carbocycles. The van der Waals surface area contributed by atoms with Crippen LogP contribution in [-0.4, -0.2) is 52.2 Å². The first-order chi connectivity index (χ1) is 18.7. The number of hydrogen-bond donors (Lipinski definition) is 4. The van der Waals surface area contributed by atoms with Crippen LogP contribution in [0.25, 0.3) is 0 Å². The van der Waals surface area contributed by atoms with Gasteiger partial charge in [-0.3, -0.25) is 14.4 Å². The molecule has 0 radical (unpaired) electrons. The second-order valence-electron chi connectivity index (χ2n) is 12.0. The Morgan fingerprint density at radius 1 is 0.975 bits per heavy atom. The second-order valence-corrected chi connectivity index (χ2v) is 12.8. The Kier molecular flexibility index (Phi) is 10.5. The minimum atomic E-state index is -1.14. The van der Waals surface area contributed by atoms with Gasteiger partial charge in [0.2, 0.25) is 11.8 Å². The van der Waals surface area contributed by atoms with E-state index in [1.807, 2.05) is 13.8 Å². The fraction of sp³-hybridized carbons (Fsp3) is 0.655. The number of rotatable bonds is 11. The Morgan fingerprint density at radius 2 is 1.57 bits per heavy atom. The van der Waals surface area contributed by atoms with Gasteiger partial charge < -0.3 is 25.6 Å². The molecule has 0 bridgehead atoms. The van der Waals surface area contributed by atoms with Gasteiger partial charge in [0.05, 0.1) is 18.1 Å². The molecule has 0 heterocycles. The molecule has 40 heavy (non-hydrogen) atoms. The van der Waals surface area contributed by atoms with Crippen LogP contribution < -0.4 is 10.6 Å². The molecule has 4 atom stereocenters. The molecule has 2 aliphatic carbocycles. The molecule has 0 unspecified atom stereocenters. The molecule has 1 aromatic carbocycles. The third-order valence-corrected chi connectivity index (χ3v) is 9.97. The summed E-state index contributed by atoms with van der Waals surface area (Å²) in [5, 5.41) is 25.5. The number of halogens is 2. The number of amides is 2. The molecule has 0 saturated heterocycles. The minimum absolute atomic E-state index is 0.0217. The molecule has 0 spiro atoms. The quantitative estimate of drug-likeness (QED) is 0.279. The Morgan fingerprint density at radius 3 is 2.12 bits per heavy atom. The van der Waals surface area contributed by atoms with Gasteiger partial charge >= 0.3 is 11.9 Å². The number of carbonyl (C=O) groups excluding carboxylic acids is 2. The van der Waals surface area contributed by atoms with E-state index in [1.54, 1.807) is 25.1 Å². The Bertz CT molecular complexity index is 1100. The van der Waals surface area contributed by atoms with Crippen LogP contribution in [-0.2, 0) is 30.5 Å². The first-order valence-corrected chi connectivity index (χ1v) is 14.5. The maximum atomic E-state index is 13.3. The summed E-state index contributed by atoms with van der Waals surface area (Å²) in [5.41, 5.74) is -1.05. The lowest BCUT2D eigenvalue weighted by molar-refractivity contribution is -0.147. The van der Waals surface area contributed by atoms with Crippen LogP contribution in [0.5, 0.6) is 0 Å². The highest BCUT2D eigenvalue weighted by Gasteiger charge is 2.58. The first-order valence-electron chi connectivity index (χ1n) is 13.8. The smallest absolute Gasteiger partial charge is 0.326 e. The number of benzene rings is 1. The van der Waals surface area contributed by atoms with E-state index in [-0.39, 0.29) is 12.0 Å². The molecule has 2 fully saturated rings. The van der Waals surface area contributed by atoms with Gasteiger partial charge in [-0.05, 0) is 75.3 Å². The molecule has 0 aliphatic heterocycles. The van der Waals surface area contributed by atoms with Crippen molar-refractivity contribution in [3.63, 3.8) is 0 Å². The highest BCUT2D eigenvalue weighted by Crippen LogP contribution is 2.56. The van der Waals surface area contributed by atoms with E-state index in [4.69, 9.17) is 27.9 Å². The predicted molar refractivity (Wildman–Crippen MR) is 151 cm³/mol.